The number of amides is 1. The van der Waals surface area contributed by atoms with Crippen LogP contribution in [0.2, 0.25) is 5.02 Å². The second-order valence-corrected chi connectivity index (χ2v) is 4.87. The molecule has 0 radical (unpaired) electrons. The summed E-state index contributed by atoms with van der Waals surface area (Å²) < 4.78 is 0. The number of rotatable bonds is 4. The molecule has 0 aliphatic rings. The molecule has 0 saturated carbocycles. The van der Waals surface area contributed by atoms with E-state index in [1.54, 1.807) is 49.5 Å². The number of nitrogens with zero attached hydrogens (tertiary/aromatic N) is 1. The van der Waals surface area contributed by atoms with Crippen LogP contribution in [-0.2, 0) is 4.79 Å². The zero-order valence-electron chi connectivity index (χ0n) is 12.2. The summed E-state index contributed by atoms with van der Waals surface area (Å²) in [5.74, 6) is -0.406. The largest absolute Gasteiger partial charge is 0.289 e. The van der Waals surface area contributed by atoms with E-state index in [0.29, 0.717) is 21.8 Å². The Morgan fingerprint density at radius 3 is 2.27 bits per heavy atom. The van der Waals surface area contributed by atoms with Crippen LogP contribution in [0.25, 0.3) is 0 Å². The second-order valence-electron chi connectivity index (χ2n) is 4.43. The van der Waals surface area contributed by atoms with E-state index in [4.69, 9.17) is 11.6 Å². The summed E-state index contributed by atoms with van der Waals surface area (Å²) in [5.41, 5.74) is 4.16. The van der Waals surface area contributed by atoms with Crippen LogP contribution < -0.4 is 10.4 Å². The topological polar surface area (TPSA) is 49.4 Å². The molecule has 0 heterocycles. The number of hydrogen-bond acceptors (Lipinski definition) is 3. The fourth-order valence-electron chi connectivity index (χ4n) is 2.08. The number of benzene rings is 2. The van der Waals surface area contributed by atoms with Gasteiger partial charge in [-0.25, -0.2) is 10.4 Å². The van der Waals surface area contributed by atoms with Crippen molar-refractivity contribution in [3.05, 3.63) is 64.7 Å². The first kappa shape index (κ1) is 18.2. The maximum absolute atomic E-state index is 12.6. The highest BCUT2D eigenvalue weighted by Gasteiger charge is 2.20. The van der Waals surface area contributed by atoms with Crippen LogP contribution >= 0.6 is 24.0 Å². The van der Waals surface area contributed by atoms with Crippen LogP contribution in [0.1, 0.15) is 22.8 Å². The van der Waals surface area contributed by atoms with Crippen LogP contribution in [0, 0.1) is 0 Å². The first-order valence-electron chi connectivity index (χ1n) is 6.42. The lowest BCUT2D eigenvalue weighted by atomic mass is 10.0. The Kier molecular flexibility index (Phi) is 6.56. The van der Waals surface area contributed by atoms with Gasteiger partial charge in [0.1, 0.15) is 0 Å². The Morgan fingerprint density at radius 2 is 1.73 bits per heavy atom. The van der Waals surface area contributed by atoms with E-state index >= 15 is 0 Å². The third-order valence-electron chi connectivity index (χ3n) is 3.02. The van der Waals surface area contributed by atoms with Crippen LogP contribution in [-0.4, -0.2) is 18.7 Å². The minimum Gasteiger partial charge on any atom is -0.289 e. The van der Waals surface area contributed by atoms with Crippen LogP contribution in [0.3, 0.4) is 0 Å². The highest BCUT2D eigenvalue weighted by molar-refractivity contribution is 6.31. The number of ketones is 1. The molecular weight excluding hydrogens is 323 g/mol. The molecule has 0 saturated heterocycles. The summed E-state index contributed by atoms with van der Waals surface area (Å²) in [7, 11) is 1.62. The van der Waals surface area contributed by atoms with Crippen LogP contribution in [0.5, 0.6) is 0 Å². The summed E-state index contributed by atoms with van der Waals surface area (Å²) >= 11 is 6.00. The Labute approximate surface area is 140 Å². The number of carbonyl (C=O) groups excluding carboxylic acids is 2. The summed E-state index contributed by atoms with van der Waals surface area (Å²) in [6.07, 6.45) is 0. The first-order valence-corrected chi connectivity index (χ1v) is 6.79. The van der Waals surface area contributed by atoms with Gasteiger partial charge in [0.05, 0.1) is 5.69 Å². The van der Waals surface area contributed by atoms with E-state index < -0.39 is 0 Å². The summed E-state index contributed by atoms with van der Waals surface area (Å²) in [5, 5.41) is 1.75. The SMILES string of the molecule is CNN(C(C)=O)c1ccc(Cl)cc1C(=O)c1ccccc1.Cl. The van der Waals surface area contributed by atoms with Gasteiger partial charge >= 0.3 is 0 Å². The summed E-state index contributed by atoms with van der Waals surface area (Å²) in [6, 6.07) is 13.7. The molecule has 22 heavy (non-hydrogen) atoms. The summed E-state index contributed by atoms with van der Waals surface area (Å²) in [4.78, 5) is 24.3. The highest BCUT2D eigenvalue weighted by Crippen LogP contribution is 2.26. The Morgan fingerprint density at radius 1 is 1.09 bits per heavy atom. The zero-order chi connectivity index (χ0) is 15.4. The van der Waals surface area contributed by atoms with Crippen molar-refractivity contribution < 1.29 is 9.59 Å². The predicted octanol–water partition coefficient (Wildman–Crippen LogP) is 3.48. The molecule has 0 aliphatic carbocycles. The van der Waals surface area contributed by atoms with Gasteiger partial charge in [-0.15, -0.1) is 12.4 Å². The van der Waals surface area contributed by atoms with Crippen LogP contribution in [0.4, 0.5) is 5.69 Å². The monoisotopic (exact) mass is 338 g/mol. The standard InChI is InChI=1S/C16H15ClN2O2.ClH/c1-11(20)19(18-2)15-9-8-13(17)10-14(15)16(21)12-6-4-3-5-7-12;/h3-10,18H,1-2H3;1H. The van der Waals surface area contributed by atoms with Crippen molar-refractivity contribution in [2.24, 2.45) is 0 Å². The van der Waals surface area contributed by atoms with Crippen molar-refractivity contribution >= 4 is 41.4 Å². The number of hydrogen-bond donors (Lipinski definition) is 1. The molecule has 0 bridgehead atoms. The molecule has 0 spiro atoms. The quantitative estimate of drug-likeness (QED) is 0.685. The van der Waals surface area contributed by atoms with Crippen molar-refractivity contribution in [1.82, 2.24) is 5.43 Å². The first-order chi connectivity index (χ1) is 10.0. The fourth-order valence-corrected chi connectivity index (χ4v) is 2.25. The van der Waals surface area contributed by atoms with E-state index in [1.165, 1.54) is 11.9 Å². The van der Waals surface area contributed by atoms with E-state index in [-0.39, 0.29) is 24.1 Å². The molecule has 2 rings (SSSR count). The van der Waals surface area contributed by atoms with E-state index in [1.807, 2.05) is 6.07 Å². The van der Waals surface area contributed by atoms with E-state index in [9.17, 15) is 9.59 Å². The van der Waals surface area contributed by atoms with Gasteiger partial charge in [0.2, 0.25) is 5.91 Å². The third kappa shape index (κ3) is 3.85. The van der Waals surface area contributed by atoms with Crippen molar-refractivity contribution in [3.8, 4) is 0 Å². The highest BCUT2D eigenvalue weighted by atomic mass is 35.5. The molecule has 1 N–H and O–H groups in total. The van der Waals surface area contributed by atoms with Gasteiger partial charge in [-0.1, -0.05) is 41.9 Å². The number of carbonyl (C=O) groups is 2. The molecule has 2 aromatic carbocycles. The zero-order valence-corrected chi connectivity index (χ0v) is 13.7. The van der Waals surface area contributed by atoms with Gasteiger partial charge in [-0.2, -0.15) is 0 Å². The predicted molar refractivity (Wildman–Crippen MR) is 90.8 cm³/mol. The molecule has 0 atom stereocenters. The van der Waals surface area contributed by atoms with Crippen molar-refractivity contribution in [3.63, 3.8) is 0 Å². The molecule has 0 unspecified atom stereocenters. The number of hydrazine groups is 1. The average Bonchev–Trinajstić information content (AvgIpc) is 2.49. The van der Waals surface area contributed by atoms with Gasteiger partial charge in [0, 0.05) is 30.1 Å². The van der Waals surface area contributed by atoms with Gasteiger partial charge in [-0.05, 0) is 18.2 Å². The molecule has 0 fully saturated rings. The molecular formula is C16H16Cl2N2O2. The summed E-state index contributed by atoms with van der Waals surface area (Å²) in [6.45, 7) is 1.42. The molecule has 0 aromatic heterocycles. The van der Waals surface area contributed by atoms with Crippen molar-refractivity contribution in [1.29, 1.82) is 0 Å². The molecule has 2 aromatic rings. The van der Waals surface area contributed by atoms with Crippen molar-refractivity contribution in [2.45, 2.75) is 6.92 Å². The fraction of sp³-hybridized carbons (Fsp3) is 0.125. The number of halogens is 2. The van der Waals surface area contributed by atoms with Crippen LogP contribution in [0.15, 0.2) is 48.5 Å². The molecule has 4 nitrogen and oxygen atoms in total. The number of anilines is 1. The van der Waals surface area contributed by atoms with Gasteiger partial charge in [0.15, 0.2) is 5.78 Å². The molecule has 0 aliphatic heterocycles. The van der Waals surface area contributed by atoms with E-state index in [2.05, 4.69) is 5.43 Å². The molecule has 1 amide bonds. The third-order valence-corrected chi connectivity index (χ3v) is 3.25. The van der Waals surface area contributed by atoms with Crippen molar-refractivity contribution in [2.75, 3.05) is 12.1 Å². The van der Waals surface area contributed by atoms with Gasteiger partial charge in [-0.3, -0.25) is 9.59 Å². The molecule has 6 heteroatoms. The number of nitrogens with one attached hydrogen (secondary N) is 1. The smallest absolute Gasteiger partial charge is 0.238 e. The maximum atomic E-state index is 12.6. The Balaban J connectivity index is 0.00000242. The Hall–Kier alpha value is -1.88. The minimum absolute atomic E-state index is 0. The minimum atomic E-state index is -0.220. The average molecular weight is 339 g/mol. The second kappa shape index (κ2) is 7.94. The molecule has 116 valence electrons. The normalized spacial score (nSPS) is 9.77. The lowest BCUT2D eigenvalue weighted by Crippen LogP contribution is -2.40. The van der Waals surface area contributed by atoms with Gasteiger partial charge in [0.25, 0.3) is 0 Å². The van der Waals surface area contributed by atoms with Gasteiger partial charge < -0.3 is 0 Å². The van der Waals surface area contributed by atoms with E-state index in [0.717, 1.165) is 0 Å². The lowest BCUT2D eigenvalue weighted by molar-refractivity contribution is -0.117. The maximum Gasteiger partial charge on any atom is 0.238 e. The lowest BCUT2D eigenvalue weighted by Gasteiger charge is -2.22. The Bertz CT molecular complexity index is 675.